The van der Waals surface area contributed by atoms with Crippen LogP contribution in [0.5, 0.6) is 5.75 Å². The van der Waals surface area contributed by atoms with E-state index >= 15 is 0 Å². The monoisotopic (exact) mass is 361 g/mol. The standard InChI is InChI=1S/C22H23N3O2/c1-26-11-5-10-25-15-20(19-14-23-9-8-21(19)25)18-13-24-12-17(18)16-6-3-4-7-22(16)27-2/h3-4,6-9,12-15,24H,5,10-11H2,1-2H3. The molecule has 4 aromatic rings. The van der Waals surface area contributed by atoms with Gasteiger partial charge in [-0.1, -0.05) is 18.2 Å². The minimum absolute atomic E-state index is 0.747. The average Bonchev–Trinajstić information content (AvgIpc) is 3.33. The van der Waals surface area contributed by atoms with Gasteiger partial charge in [0, 0.05) is 78.9 Å². The van der Waals surface area contributed by atoms with Crippen LogP contribution >= 0.6 is 0 Å². The van der Waals surface area contributed by atoms with Crippen molar-refractivity contribution in [2.24, 2.45) is 0 Å². The lowest BCUT2D eigenvalue weighted by Gasteiger charge is -2.09. The second kappa shape index (κ2) is 7.68. The van der Waals surface area contributed by atoms with Gasteiger partial charge < -0.3 is 19.0 Å². The smallest absolute Gasteiger partial charge is 0.126 e. The molecule has 0 saturated heterocycles. The summed E-state index contributed by atoms with van der Waals surface area (Å²) in [6.07, 6.45) is 11.0. The number of H-pyrrole nitrogens is 1. The Hall–Kier alpha value is -3.05. The fourth-order valence-electron chi connectivity index (χ4n) is 3.60. The number of fused-ring (bicyclic) bond motifs is 1. The number of nitrogens with one attached hydrogen (secondary N) is 1. The molecule has 5 nitrogen and oxygen atoms in total. The van der Waals surface area contributed by atoms with Gasteiger partial charge in [0.15, 0.2) is 0 Å². The zero-order chi connectivity index (χ0) is 18.6. The van der Waals surface area contributed by atoms with Crippen LogP contribution in [0.1, 0.15) is 6.42 Å². The Balaban J connectivity index is 1.84. The molecule has 0 spiro atoms. The van der Waals surface area contributed by atoms with Gasteiger partial charge >= 0.3 is 0 Å². The summed E-state index contributed by atoms with van der Waals surface area (Å²) < 4.78 is 13.1. The maximum absolute atomic E-state index is 5.57. The molecule has 0 aliphatic carbocycles. The van der Waals surface area contributed by atoms with Crippen LogP contribution in [0, 0.1) is 0 Å². The van der Waals surface area contributed by atoms with E-state index in [1.54, 1.807) is 14.2 Å². The van der Waals surface area contributed by atoms with Gasteiger partial charge in [-0.2, -0.15) is 0 Å². The van der Waals surface area contributed by atoms with Gasteiger partial charge in [0.25, 0.3) is 0 Å². The summed E-state index contributed by atoms with van der Waals surface area (Å²) in [5, 5.41) is 1.14. The summed E-state index contributed by atoms with van der Waals surface area (Å²) in [4.78, 5) is 7.62. The molecule has 0 aliphatic rings. The van der Waals surface area contributed by atoms with Crippen molar-refractivity contribution < 1.29 is 9.47 Å². The molecule has 0 aliphatic heterocycles. The van der Waals surface area contributed by atoms with E-state index in [-0.39, 0.29) is 0 Å². The third kappa shape index (κ3) is 3.22. The molecule has 138 valence electrons. The van der Waals surface area contributed by atoms with E-state index in [2.05, 4.69) is 32.9 Å². The fraction of sp³-hybridized carbons (Fsp3) is 0.227. The Morgan fingerprint density at radius 2 is 1.81 bits per heavy atom. The number of rotatable bonds is 7. The molecule has 0 saturated carbocycles. The van der Waals surface area contributed by atoms with Crippen LogP contribution in [0.2, 0.25) is 0 Å². The predicted octanol–water partition coefficient (Wildman–Crippen LogP) is 4.74. The highest BCUT2D eigenvalue weighted by Gasteiger charge is 2.17. The van der Waals surface area contributed by atoms with Crippen molar-refractivity contribution in [2.75, 3.05) is 20.8 Å². The topological polar surface area (TPSA) is 52.1 Å². The van der Waals surface area contributed by atoms with Gasteiger partial charge in [0.1, 0.15) is 5.75 Å². The Labute approximate surface area is 158 Å². The summed E-state index contributed by atoms with van der Waals surface area (Å²) in [7, 11) is 3.44. The number of aromatic nitrogens is 3. The minimum atomic E-state index is 0.747. The number of nitrogens with zero attached hydrogens (tertiary/aromatic N) is 2. The van der Waals surface area contributed by atoms with Crippen molar-refractivity contribution in [2.45, 2.75) is 13.0 Å². The van der Waals surface area contributed by atoms with Crippen LogP contribution in [0.4, 0.5) is 0 Å². The van der Waals surface area contributed by atoms with Crippen molar-refractivity contribution in [3.63, 3.8) is 0 Å². The van der Waals surface area contributed by atoms with Crippen molar-refractivity contribution in [3.8, 4) is 28.0 Å². The largest absolute Gasteiger partial charge is 0.496 e. The van der Waals surface area contributed by atoms with E-state index in [1.807, 2.05) is 43.0 Å². The second-order valence-corrected chi connectivity index (χ2v) is 6.46. The molecule has 0 bridgehead atoms. The van der Waals surface area contributed by atoms with Crippen LogP contribution in [0.15, 0.2) is 61.3 Å². The summed E-state index contributed by atoms with van der Waals surface area (Å²) in [5.74, 6) is 0.861. The third-order valence-electron chi connectivity index (χ3n) is 4.86. The van der Waals surface area contributed by atoms with E-state index in [0.717, 1.165) is 53.0 Å². The third-order valence-corrected chi connectivity index (χ3v) is 4.86. The molecule has 1 N–H and O–H groups in total. The molecule has 27 heavy (non-hydrogen) atoms. The summed E-state index contributed by atoms with van der Waals surface area (Å²) >= 11 is 0. The number of ether oxygens (including phenoxy) is 2. The highest BCUT2D eigenvalue weighted by Crippen LogP contribution is 2.40. The molecule has 0 atom stereocenters. The van der Waals surface area contributed by atoms with Crippen molar-refractivity contribution in [1.29, 1.82) is 0 Å². The molecular weight excluding hydrogens is 338 g/mol. The molecular formula is C22H23N3O2. The zero-order valence-electron chi connectivity index (χ0n) is 15.6. The SMILES string of the molecule is COCCCn1cc(-c2c[nH]cc2-c2ccccc2OC)c2cnccc21. The number of aryl methyl sites for hydroxylation is 1. The molecule has 1 aromatic carbocycles. The van der Waals surface area contributed by atoms with E-state index in [1.165, 1.54) is 5.52 Å². The van der Waals surface area contributed by atoms with Crippen LogP contribution < -0.4 is 4.74 Å². The summed E-state index contributed by atoms with van der Waals surface area (Å²) in [6, 6.07) is 10.2. The van der Waals surface area contributed by atoms with Crippen molar-refractivity contribution >= 4 is 10.9 Å². The maximum atomic E-state index is 5.57. The Bertz CT molecular complexity index is 1050. The number of aromatic amines is 1. The quantitative estimate of drug-likeness (QED) is 0.484. The average molecular weight is 361 g/mol. The van der Waals surface area contributed by atoms with Crippen LogP contribution in [-0.4, -0.2) is 35.4 Å². The highest BCUT2D eigenvalue weighted by atomic mass is 16.5. The molecule has 0 fully saturated rings. The lowest BCUT2D eigenvalue weighted by molar-refractivity contribution is 0.190. The first kappa shape index (κ1) is 17.4. The highest BCUT2D eigenvalue weighted by molar-refractivity contribution is 6.00. The van der Waals surface area contributed by atoms with E-state index in [4.69, 9.17) is 9.47 Å². The zero-order valence-corrected chi connectivity index (χ0v) is 15.6. The van der Waals surface area contributed by atoms with E-state index < -0.39 is 0 Å². The Morgan fingerprint density at radius 1 is 1.00 bits per heavy atom. The van der Waals surface area contributed by atoms with Gasteiger partial charge in [0.2, 0.25) is 0 Å². The number of hydrogen-bond acceptors (Lipinski definition) is 3. The van der Waals surface area contributed by atoms with Crippen molar-refractivity contribution in [3.05, 3.63) is 61.3 Å². The van der Waals surface area contributed by atoms with Crippen LogP contribution in [0.25, 0.3) is 33.2 Å². The van der Waals surface area contributed by atoms with Gasteiger partial charge in [-0.25, -0.2) is 0 Å². The number of benzene rings is 1. The maximum Gasteiger partial charge on any atom is 0.126 e. The van der Waals surface area contributed by atoms with E-state index in [0.29, 0.717) is 0 Å². The van der Waals surface area contributed by atoms with Crippen LogP contribution in [-0.2, 0) is 11.3 Å². The number of para-hydroxylation sites is 1. The predicted molar refractivity (Wildman–Crippen MR) is 108 cm³/mol. The Kier molecular flexibility index (Phi) is 4.94. The lowest BCUT2D eigenvalue weighted by Crippen LogP contribution is -1.99. The Morgan fingerprint density at radius 3 is 2.63 bits per heavy atom. The van der Waals surface area contributed by atoms with Gasteiger partial charge in [-0.15, -0.1) is 0 Å². The fourth-order valence-corrected chi connectivity index (χ4v) is 3.60. The molecule has 0 radical (unpaired) electrons. The molecule has 5 heteroatoms. The molecule has 3 heterocycles. The summed E-state index contributed by atoms with van der Waals surface area (Å²) in [5.41, 5.74) is 5.68. The first-order valence-electron chi connectivity index (χ1n) is 9.06. The molecule has 0 amide bonds. The lowest BCUT2D eigenvalue weighted by atomic mass is 9.98. The first-order valence-corrected chi connectivity index (χ1v) is 9.06. The number of pyridine rings is 1. The first-order chi connectivity index (χ1) is 13.3. The van der Waals surface area contributed by atoms with E-state index in [9.17, 15) is 0 Å². The second-order valence-electron chi connectivity index (χ2n) is 6.46. The minimum Gasteiger partial charge on any atom is -0.496 e. The molecule has 3 aromatic heterocycles. The molecule has 0 unspecified atom stereocenters. The van der Waals surface area contributed by atoms with Crippen molar-refractivity contribution in [1.82, 2.24) is 14.5 Å². The summed E-state index contributed by atoms with van der Waals surface area (Å²) in [6.45, 7) is 1.65. The van der Waals surface area contributed by atoms with Gasteiger partial charge in [-0.3, -0.25) is 4.98 Å². The van der Waals surface area contributed by atoms with Gasteiger partial charge in [0.05, 0.1) is 12.6 Å². The van der Waals surface area contributed by atoms with Gasteiger partial charge in [-0.05, 0) is 18.6 Å². The normalized spacial score (nSPS) is 11.2. The van der Waals surface area contributed by atoms with Crippen LogP contribution in [0.3, 0.4) is 0 Å². The number of hydrogen-bond donors (Lipinski definition) is 1. The number of methoxy groups -OCH3 is 2. The molecule has 4 rings (SSSR count).